The van der Waals surface area contributed by atoms with E-state index >= 15 is 0 Å². The maximum Gasteiger partial charge on any atom is 0.163 e. The van der Waals surface area contributed by atoms with Gasteiger partial charge in [0.25, 0.3) is 0 Å². The lowest BCUT2D eigenvalue weighted by Crippen LogP contribution is -2.27. The molecule has 0 saturated heterocycles. The summed E-state index contributed by atoms with van der Waals surface area (Å²) in [5.41, 5.74) is 0. The van der Waals surface area contributed by atoms with Crippen molar-refractivity contribution in [3.63, 3.8) is 0 Å². The zero-order chi connectivity index (χ0) is 8.81. The third-order valence-corrected chi connectivity index (χ3v) is 2.48. The molecule has 4 nitrogen and oxygen atoms in total. The van der Waals surface area contributed by atoms with Gasteiger partial charge in [0.2, 0.25) is 0 Å². The average molecular weight is 190 g/mol. The Hall–Kier alpha value is -0.260. The van der Waals surface area contributed by atoms with Crippen molar-refractivity contribution in [2.75, 3.05) is 40.0 Å². The van der Waals surface area contributed by atoms with Gasteiger partial charge in [0.1, 0.15) is 6.73 Å². The third kappa shape index (κ3) is 2.66. The summed E-state index contributed by atoms with van der Waals surface area (Å²) >= 11 is 1.61. The first-order valence-electron chi connectivity index (χ1n) is 3.78. The Labute approximate surface area is 76.9 Å². The van der Waals surface area contributed by atoms with Crippen molar-refractivity contribution in [2.45, 2.75) is 0 Å². The molecule has 0 radical (unpaired) electrons. The molecule has 12 heavy (non-hydrogen) atoms. The van der Waals surface area contributed by atoms with Crippen LogP contribution in [0.4, 0.5) is 0 Å². The SMILES string of the molecule is COCSC1=NCCN1COC. The number of ether oxygens (including phenoxy) is 2. The summed E-state index contributed by atoms with van der Waals surface area (Å²) in [7, 11) is 3.38. The summed E-state index contributed by atoms with van der Waals surface area (Å²) in [5.74, 6) is 0.652. The monoisotopic (exact) mass is 190 g/mol. The highest BCUT2D eigenvalue weighted by atomic mass is 32.2. The van der Waals surface area contributed by atoms with Gasteiger partial charge in [-0.15, -0.1) is 0 Å². The lowest BCUT2D eigenvalue weighted by molar-refractivity contribution is 0.118. The van der Waals surface area contributed by atoms with E-state index in [1.807, 2.05) is 0 Å². The molecular weight excluding hydrogens is 176 g/mol. The molecule has 1 heterocycles. The van der Waals surface area contributed by atoms with E-state index in [9.17, 15) is 0 Å². The van der Waals surface area contributed by atoms with Crippen LogP contribution < -0.4 is 0 Å². The standard InChI is InChI=1S/C7H14N2O2S/c1-10-5-9-4-3-8-7(9)12-6-11-2/h3-6H2,1-2H3. The largest absolute Gasteiger partial charge is 0.374 e. The predicted octanol–water partition coefficient (Wildman–Crippen LogP) is 0.599. The molecule has 0 bridgehead atoms. The summed E-state index contributed by atoms with van der Waals surface area (Å²) < 4.78 is 9.97. The molecule has 0 spiro atoms. The van der Waals surface area contributed by atoms with Crippen LogP contribution in [-0.2, 0) is 9.47 Å². The average Bonchev–Trinajstić information content (AvgIpc) is 2.50. The molecule has 0 fully saturated rings. The van der Waals surface area contributed by atoms with Crippen molar-refractivity contribution >= 4 is 16.9 Å². The maximum atomic E-state index is 5.03. The van der Waals surface area contributed by atoms with Crippen LogP contribution in [0.2, 0.25) is 0 Å². The molecule has 0 atom stereocenters. The Bertz CT molecular complexity index is 163. The maximum absolute atomic E-state index is 5.03. The van der Waals surface area contributed by atoms with Crippen molar-refractivity contribution in [1.82, 2.24) is 4.90 Å². The minimum atomic E-state index is 0.621. The zero-order valence-corrected chi connectivity index (χ0v) is 8.26. The smallest absolute Gasteiger partial charge is 0.163 e. The number of aliphatic imine (C=N–C) groups is 1. The number of hydrogen-bond acceptors (Lipinski definition) is 5. The Morgan fingerprint density at radius 1 is 1.50 bits per heavy atom. The van der Waals surface area contributed by atoms with Crippen LogP contribution in [0.25, 0.3) is 0 Å². The number of amidine groups is 1. The highest BCUT2D eigenvalue weighted by molar-refractivity contribution is 8.13. The first kappa shape index (κ1) is 9.83. The van der Waals surface area contributed by atoms with Crippen LogP contribution in [0.1, 0.15) is 0 Å². The molecule has 1 aliphatic heterocycles. The Morgan fingerprint density at radius 2 is 2.33 bits per heavy atom. The topological polar surface area (TPSA) is 34.1 Å². The molecule has 1 aliphatic rings. The van der Waals surface area contributed by atoms with E-state index in [1.165, 1.54) is 0 Å². The van der Waals surface area contributed by atoms with Gasteiger partial charge in [-0.3, -0.25) is 4.99 Å². The fraction of sp³-hybridized carbons (Fsp3) is 0.857. The van der Waals surface area contributed by atoms with Crippen LogP contribution >= 0.6 is 11.8 Å². The lowest BCUT2D eigenvalue weighted by atomic mass is 10.6. The van der Waals surface area contributed by atoms with Gasteiger partial charge in [0.05, 0.1) is 12.5 Å². The van der Waals surface area contributed by atoms with Gasteiger partial charge >= 0.3 is 0 Å². The first-order chi connectivity index (χ1) is 5.88. The minimum absolute atomic E-state index is 0.621. The van der Waals surface area contributed by atoms with E-state index in [0.29, 0.717) is 12.7 Å². The van der Waals surface area contributed by atoms with Crippen LogP contribution in [0.15, 0.2) is 4.99 Å². The highest BCUT2D eigenvalue weighted by Gasteiger charge is 2.16. The normalized spacial score (nSPS) is 16.8. The first-order valence-corrected chi connectivity index (χ1v) is 4.77. The molecule has 0 aromatic carbocycles. The van der Waals surface area contributed by atoms with Crippen LogP contribution in [0.5, 0.6) is 0 Å². The molecule has 70 valence electrons. The fourth-order valence-electron chi connectivity index (χ4n) is 0.986. The van der Waals surface area contributed by atoms with Gasteiger partial charge in [-0.25, -0.2) is 0 Å². The number of nitrogens with zero attached hydrogens (tertiary/aromatic N) is 2. The summed E-state index contributed by atoms with van der Waals surface area (Å²) in [6.07, 6.45) is 0. The van der Waals surface area contributed by atoms with Gasteiger partial charge < -0.3 is 14.4 Å². The molecule has 0 aromatic rings. The molecule has 0 unspecified atom stereocenters. The van der Waals surface area contributed by atoms with Gasteiger partial charge in [-0.2, -0.15) is 0 Å². The molecule has 1 rings (SSSR count). The van der Waals surface area contributed by atoms with Crippen molar-refractivity contribution in [2.24, 2.45) is 4.99 Å². The molecule has 0 N–H and O–H groups in total. The van der Waals surface area contributed by atoms with E-state index in [0.717, 1.165) is 18.3 Å². The Morgan fingerprint density at radius 3 is 3.00 bits per heavy atom. The summed E-state index contributed by atoms with van der Waals surface area (Å²) in [5, 5.41) is 1.03. The second kappa shape index (κ2) is 5.40. The number of thioether (sulfide) groups is 1. The number of rotatable bonds is 4. The molecule has 0 amide bonds. The van der Waals surface area contributed by atoms with E-state index in [1.54, 1.807) is 26.0 Å². The molecule has 0 aromatic heterocycles. The van der Waals surface area contributed by atoms with E-state index in [4.69, 9.17) is 9.47 Å². The van der Waals surface area contributed by atoms with E-state index in [-0.39, 0.29) is 0 Å². The van der Waals surface area contributed by atoms with E-state index < -0.39 is 0 Å². The van der Waals surface area contributed by atoms with Gasteiger partial charge in [0, 0.05) is 20.8 Å². The van der Waals surface area contributed by atoms with Crippen molar-refractivity contribution in [3.05, 3.63) is 0 Å². The fourth-order valence-corrected chi connectivity index (χ4v) is 1.72. The molecule has 0 saturated carbocycles. The molecular formula is C7H14N2O2S. The van der Waals surface area contributed by atoms with Crippen LogP contribution in [0, 0.1) is 0 Å². The van der Waals surface area contributed by atoms with Gasteiger partial charge in [-0.05, 0) is 0 Å². The van der Waals surface area contributed by atoms with Crippen molar-refractivity contribution < 1.29 is 9.47 Å². The summed E-state index contributed by atoms with van der Waals surface area (Å²) in [6.45, 7) is 2.45. The Balaban J connectivity index is 2.29. The number of methoxy groups -OCH3 is 2. The van der Waals surface area contributed by atoms with Crippen molar-refractivity contribution in [1.29, 1.82) is 0 Å². The molecule has 0 aliphatic carbocycles. The van der Waals surface area contributed by atoms with E-state index in [2.05, 4.69) is 9.89 Å². The summed E-state index contributed by atoms with van der Waals surface area (Å²) in [6, 6.07) is 0. The second-order valence-electron chi connectivity index (χ2n) is 2.40. The third-order valence-electron chi connectivity index (χ3n) is 1.48. The zero-order valence-electron chi connectivity index (χ0n) is 7.45. The predicted molar refractivity (Wildman–Crippen MR) is 50.4 cm³/mol. The van der Waals surface area contributed by atoms with Crippen LogP contribution in [-0.4, -0.2) is 50.0 Å². The Kier molecular flexibility index (Phi) is 4.42. The van der Waals surface area contributed by atoms with Gasteiger partial charge in [-0.1, -0.05) is 11.8 Å². The lowest BCUT2D eigenvalue weighted by Gasteiger charge is -2.17. The van der Waals surface area contributed by atoms with Gasteiger partial charge in [0.15, 0.2) is 5.17 Å². The number of hydrogen-bond donors (Lipinski definition) is 0. The quantitative estimate of drug-likeness (QED) is 0.608. The highest BCUT2D eigenvalue weighted by Crippen LogP contribution is 2.13. The van der Waals surface area contributed by atoms with Crippen LogP contribution in [0.3, 0.4) is 0 Å². The minimum Gasteiger partial charge on any atom is -0.374 e. The summed E-state index contributed by atoms with van der Waals surface area (Å²) in [4.78, 5) is 6.42. The molecule has 5 heteroatoms. The van der Waals surface area contributed by atoms with Crippen molar-refractivity contribution in [3.8, 4) is 0 Å². The second-order valence-corrected chi connectivity index (χ2v) is 3.29.